The molecule has 0 amide bonds. The Bertz CT molecular complexity index is 1290. The lowest BCUT2D eigenvalue weighted by Crippen LogP contribution is -2.25. The minimum Gasteiger partial charge on any atom is -0.493 e. The summed E-state index contributed by atoms with van der Waals surface area (Å²) in [4.78, 5) is 15.5. The molecule has 0 spiro atoms. The van der Waals surface area contributed by atoms with Gasteiger partial charge in [-0.1, -0.05) is 60.3 Å². The molecule has 0 radical (unpaired) electrons. The first-order valence-corrected chi connectivity index (χ1v) is 11.8. The van der Waals surface area contributed by atoms with Crippen molar-refractivity contribution in [2.75, 3.05) is 6.61 Å². The molecule has 5 nitrogen and oxygen atoms in total. The summed E-state index contributed by atoms with van der Waals surface area (Å²) < 4.78 is 13.7. The number of hydrogen-bond acceptors (Lipinski definition) is 5. The molecule has 3 aromatic carbocycles. The number of carbonyl (C=O) groups excluding carboxylic acids is 1. The first-order chi connectivity index (χ1) is 15.8. The average molecular weight is 461 g/mol. The third-order valence-electron chi connectivity index (χ3n) is 5.15. The molecule has 1 aromatic heterocycles. The van der Waals surface area contributed by atoms with Crippen LogP contribution in [-0.4, -0.2) is 22.4 Å². The summed E-state index contributed by atoms with van der Waals surface area (Å²) in [7, 11) is 0. The van der Waals surface area contributed by atoms with Crippen molar-refractivity contribution in [2.45, 2.75) is 49.9 Å². The van der Waals surface area contributed by atoms with Crippen molar-refractivity contribution in [3.05, 3.63) is 78.0 Å². The Morgan fingerprint density at radius 2 is 1.70 bits per heavy atom. The van der Waals surface area contributed by atoms with Gasteiger partial charge in [0, 0.05) is 4.90 Å². The summed E-state index contributed by atoms with van der Waals surface area (Å²) >= 11 is 1.54. The van der Waals surface area contributed by atoms with Crippen molar-refractivity contribution < 1.29 is 14.3 Å². The predicted octanol–water partition coefficient (Wildman–Crippen LogP) is 6.87. The maximum Gasteiger partial charge on any atom is 0.349 e. The van der Waals surface area contributed by atoms with Crippen LogP contribution in [0.15, 0.2) is 76.5 Å². The van der Waals surface area contributed by atoms with Crippen LogP contribution in [0.4, 0.5) is 0 Å². The molecule has 4 aromatic rings. The van der Waals surface area contributed by atoms with Gasteiger partial charge in [-0.25, -0.2) is 9.48 Å². The van der Waals surface area contributed by atoms with Crippen LogP contribution in [0.5, 0.6) is 11.6 Å². The van der Waals surface area contributed by atoms with E-state index in [1.165, 1.54) is 0 Å². The minimum absolute atomic E-state index is 0.378. The normalized spacial score (nSPS) is 11.5. The molecular weight excluding hydrogens is 432 g/mol. The van der Waals surface area contributed by atoms with Crippen LogP contribution < -0.4 is 9.47 Å². The fraction of sp³-hybridized carbons (Fsp3) is 0.259. The number of rotatable bonds is 6. The fourth-order valence-electron chi connectivity index (χ4n) is 3.64. The molecule has 0 N–H and O–H groups in total. The van der Waals surface area contributed by atoms with E-state index in [1.807, 2.05) is 101 Å². The number of esters is 1. The Morgan fingerprint density at radius 3 is 2.39 bits per heavy atom. The van der Waals surface area contributed by atoms with Gasteiger partial charge < -0.3 is 9.47 Å². The largest absolute Gasteiger partial charge is 0.493 e. The summed E-state index contributed by atoms with van der Waals surface area (Å²) in [6, 6.07) is 21.5. The molecule has 1 heterocycles. The molecule has 170 valence electrons. The first-order valence-electron chi connectivity index (χ1n) is 11.0. The van der Waals surface area contributed by atoms with Gasteiger partial charge in [-0.15, -0.1) is 0 Å². The smallest absolute Gasteiger partial charge is 0.349 e. The third-order valence-corrected chi connectivity index (χ3v) is 6.33. The molecule has 0 bridgehead atoms. The summed E-state index contributed by atoms with van der Waals surface area (Å²) in [6.07, 6.45) is 0. The van der Waals surface area contributed by atoms with Crippen LogP contribution in [0.3, 0.4) is 0 Å². The molecule has 0 saturated heterocycles. The van der Waals surface area contributed by atoms with Crippen molar-refractivity contribution in [3.8, 4) is 11.6 Å². The fourth-order valence-corrected chi connectivity index (χ4v) is 4.57. The van der Waals surface area contributed by atoms with Gasteiger partial charge in [-0.05, 0) is 63.6 Å². The van der Waals surface area contributed by atoms with Crippen molar-refractivity contribution >= 4 is 28.5 Å². The molecule has 0 fully saturated rings. The van der Waals surface area contributed by atoms with E-state index >= 15 is 0 Å². The maximum absolute atomic E-state index is 13.7. The number of aromatic nitrogens is 2. The molecule has 0 aliphatic carbocycles. The lowest BCUT2D eigenvalue weighted by Gasteiger charge is -2.22. The molecule has 0 atom stereocenters. The van der Waals surface area contributed by atoms with Gasteiger partial charge in [-0.3, -0.25) is 0 Å². The molecule has 0 unspecified atom stereocenters. The van der Waals surface area contributed by atoms with Crippen molar-refractivity contribution in [2.24, 2.45) is 0 Å². The van der Waals surface area contributed by atoms with Gasteiger partial charge >= 0.3 is 5.97 Å². The number of carbonyl (C=O) groups is 1. The van der Waals surface area contributed by atoms with Crippen LogP contribution in [0, 0.1) is 6.92 Å². The van der Waals surface area contributed by atoms with Gasteiger partial charge in [0.05, 0.1) is 22.7 Å². The lowest BCUT2D eigenvalue weighted by molar-refractivity contribution is 0.0702. The van der Waals surface area contributed by atoms with E-state index in [4.69, 9.17) is 14.6 Å². The second-order valence-corrected chi connectivity index (χ2v) is 9.78. The second kappa shape index (κ2) is 9.32. The SMILES string of the molecule is CCOc1ccc2ccccc2c1C(=O)Oc1c(Sc2ccccc2)c(C)nn1C(C)(C)C. The molecule has 33 heavy (non-hydrogen) atoms. The Labute approximate surface area is 198 Å². The summed E-state index contributed by atoms with van der Waals surface area (Å²) in [5, 5.41) is 6.48. The van der Waals surface area contributed by atoms with Gasteiger partial charge in [-0.2, -0.15) is 5.10 Å². The van der Waals surface area contributed by atoms with Gasteiger partial charge in [0.25, 0.3) is 0 Å². The van der Waals surface area contributed by atoms with E-state index in [1.54, 1.807) is 16.4 Å². The van der Waals surface area contributed by atoms with Crippen LogP contribution in [-0.2, 0) is 5.54 Å². The van der Waals surface area contributed by atoms with Gasteiger partial charge in [0.1, 0.15) is 11.3 Å². The number of aryl methyl sites for hydroxylation is 1. The molecule has 4 rings (SSSR count). The zero-order valence-electron chi connectivity index (χ0n) is 19.6. The van der Waals surface area contributed by atoms with Crippen molar-refractivity contribution in [1.29, 1.82) is 0 Å². The van der Waals surface area contributed by atoms with Crippen LogP contribution in [0.25, 0.3) is 10.8 Å². The van der Waals surface area contributed by atoms with Crippen molar-refractivity contribution in [3.63, 3.8) is 0 Å². The van der Waals surface area contributed by atoms with E-state index < -0.39 is 5.97 Å². The number of fused-ring (bicyclic) bond motifs is 1. The maximum atomic E-state index is 13.7. The molecule has 0 saturated carbocycles. The highest BCUT2D eigenvalue weighted by Gasteiger charge is 2.29. The van der Waals surface area contributed by atoms with Gasteiger partial charge in [0.2, 0.25) is 5.88 Å². The molecule has 6 heteroatoms. The van der Waals surface area contributed by atoms with Crippen LogP contribution in [0.1, 0.15) is 43.7 Å². The Morgan fingerprint density at radius 1 is 1.00 bits per heavy atom. The number of benzene rings is 3. The van der Waals surface area contributed by atoms with Crippen LogP contribution >= 0.6 is 11.8 Å². The highest BCUT2D eigenvalue weighted by molar-refractivity contribution is 7.99. The van der Waals surface area contributed by atoms with Crippen molar-refractivity contribution in [1.82, 2.24) is 9.78 Å². The Kier molecular flexibility index (Phi) is 6.47. The number of nitrogens with zero attached hydrogens (tertiary/aromatic N) is 2. The molecular formula is C27H28N2O3S. The molecule has 0 aliphatic heterocycles. The zero-order valence-corrected chi connectivity index (χ0v) is 20.4. The number of hydrogen-bond donors (Lipinski definition) is 0. The van der Waals surface area contributed by atoms with E-state index in [0.29, 0.717) is 23.8 Å². The van der Waals surface area contributed by atoms with Gasteiger partial charge in [0.15, 0.2) is 0 Å². The topological polar surface area (TPSA) is 53.4 Å². The summed E-state index contributed by atoms with van der Waals surface area (Å²) in [6.45, 7) is 10.4. The predicted molar refractivity (Wildman–Crippen MR) is 133 cm³/mol. The first kappa shape index (κ1) is 22.9. The third kappa shape index (κ3) is 4.76. The zero-order chi connectivity index (χ0) is 23.6. The Hall–Kier alpha value is -3.25. The Balaban J connectivity index is 1.82. The monoisotopic (exact) mass is 460 g/mol. The molecule has 0 aliphatic rings. The van der Waals surface area contributed by atoms with E-state index in [9.17, 15) is 4.79 Å². The quantitative estimate of drug-likeness (QED) is 0.294. The van der Waals surface area contributed by atoms with Crippen LogP contribution in [0.2, 0.25) is 0 Å². The van der Waals surface area contributed by atoms with E-state index in [0.717, 1.165) is 26.3 Å². The minimum atomic E-state index is -0.462. The standard InChI is InChI=1S/C27H28N2O3S/c1-6-31-22-17-16-19-12-10-11-15-21(19)23(22)26(30)32-25-24(33-20-13-8-7-9-14-20)18(2)28-29(25)27(3,4)5/h7-17H,6H2,1-5H3. The summed E-state index contributed by atoms with van der Waals surface area (Å²) in [5.41, 5.74) is 0.853. The highest BCUT2D eigenvalue weighted by atomic mass is 32.2. The average Bonchev–Trinajstić information content (AvgIpc) is 3.10. The number of ether oxygens (including phenoxy) is 2. The summed E-state index contributed by atoms with van der Waals surface area (Å²) in [5.74, 6) is 0.488. The lowest BCUT2D eigenvalue weighted by atomic mass is 10.0. The van der Waals surface area contributed by atoms with E-state index in [-0.39, 0.29) is 5.54 Å². The van der Waals surface area contributed by atoms with E-state index in [2.05, 4.69) is 0 Å². The highest BCUT2D eigenvalue weighted by Crippen LogP contribution is 2.41. The second-order valence-electron chi connectivity index (χ2n) is 8.70.